The third kappa shape index (κ3) is 4.64. The van der Waals surface area contributed by atoms with Crippen molar-refractivity contribution in [2.45, 2.75) is 6.92 Å². The third-order valence-corrected chi connectivity index (χ3v) is 5.04. The van der Waals surface area contributed by atoms with Crippen molar-refractivity contribution in [2.24, 2.45) is 5.10 Å². The van der Waals surface area contributed by atoms with Crippen molar-refractivity contribution in [3.05, 3.63) is 65.4 Å². The zero-order valence-corrected chi connectivity index (χ0v) is 18.4. The number of carbonyl (C=O) groups excluding carboxylic acids is 1. The number of hydrogen-bond acceptors (Lipinski definition) is 7. The fourth-order valence-corrected chi connectivity index (χ4v) is 3.34. The van der Waals surface area contributed by atoms with Gasteiger partial charge in [-0.2, -0.15) is 10.1 Å². The molecule has 0 saturated heterocycles. The van der Waals surface area contributed by atoms with E-state index in [1.54, 1.807) is 13.0 Å². The molecule has 170 valence electrons. The summed E-state index contributed by atoms with van der Waals surface area (Å²) in [6, 6.07) is 13.6. The second kappa shape index (κ2) is 9.27. The first kappa shape index (κ1) is 22.3. The summed E-state index contributed by atoms with van der Waals surface area (Å²) in [6.07, 6.45) is 1.62. The molecule has 2 aromatic carbocycles. The molecule has 0 fully saturated rings. The minimum Gasteiger partial charge on any atom is -0.478 e. The lowest BCUT2D eigenvalue weighted by atomic mass is 10.1. The van der Waals surface area contributed by atoms with Gasteiger partial charge in [0.1, 0.15) is 23.7 Å². The smallest absolute Gasteiger partial charge is 0.335 e. The number of rotatable bonds is 8. The average molecular weight is 449 g/mol. The Morgan fingerprint density at radius 1 is 1.15 bits per heavy atom. The van der Waals surface area contributed by atoms with E-state index in [1.807, 2.05) is 43.3 Å². The van der Waals surface area contributed by atoms with E-state index >= 15 is 0 Å². The molecule has 9 heteroatoms. The number of fused-ring (bicyclic) bond motifs is 1. The largest absolute Gasteiger partial charge is 0.478 e. The molecule has 4 rings (SSSR count). The van der Waals surface area contributed by atoms with Crippen LogP contribution in [0.15, 0.2) is 63.6 Å². The summed E-state index contributed by atoms with van der Waals surface area (Å²) in [5, 5.41) is 15.6. The highest BCUT2D eigenvalue weighted by molar-refractivity contribution is 6.33. The lowest BCUT2D eigenvalue weighted by molar-refractivity contribution is -0.279. The molecule has 0 saturated carbocycles. The van der Waals surface area contributed by atoms with E-state index in [2.05, 4.69) is 5.10 Å². The van der Waals surface area contributed by atoms with Crippen molar-refractivity contribution in [1.82, 2.24) is 0 Å². The Morgan fingerprint density at radius 3 is 2.58 bits per heavy atom. The van der Waals surface area contributed by atoms with Crippen molar-refractivity contribution in [3.63, 3.8) is 0 Å². The van der Waals surface area contributed by atoms with Crippen LogP contribution in [0.25, 0.3) is 17.0 Å². The predicted molar refractivity (Wildman–Crippen MR) is 124 cm³/mol. The summed E-state index contributed by atoms with van der Waals surface area (Å²) in [6.45, 7) is 2.09. The normalized spacial score (nSPS) is 14.9. The van der Waals surface area contributed by atoms with E-state index in [0.29, 0.717) is 34.9 Å². The fraction of sp³-hybridized carbons (Fsp3) is 0.208. The number of furan rings is 1. The van der Waals surface area contributed by atoms with E-state index in [9.17, 15) is 9.59 Å². The van der Waals surface area contributed by atoms with Gasteiger partial charge in [-0.3, -0.25) is 4.79 Å². The third-order valence-electron chi connectivity index (χ3n) is 5.04. The number of benzene rings is 2. The molecular formula is C24H23N3O6. The molecule has 0 aliphatic carbocycles. The Balaban J connectivity index is 1.68. The number of hydrogen-bond donors (Lipinski definition) is 1. The maximum atomic E-state index is 13.2. The van der Waals surface area contributed by atoms with Gasteiger partial charge in [-0.05, 0) is 55.5 Å². The number of amides is 1. The molecule has 0 radical (unpaired) electrons. The molecule has 1 aliphatic heterocycles. The predicted octanol–water partition coefficient (Wildman–Crippen LogP) is 3.95. The molecule has 2 heterocycles. The highest BCUT2D eigenvalue weighted by Crippen LogP contribution is 2.29. The quantitative estimate of drug-likeness (QED) is 0.240. The number of anilines is 2. The standard InChI is InChI=1S/C24H23N3O6/c1-4-31-32-14-21-20(13-19-11-16-7-10-18(26(2)3)12-22(16)33-19)23(28)27(25-21)17-8-5-15(6-9-17)24(29)30/h5-13H,4,14H2,1-3H3,(H,29,30). The number of nitrogens with zero attached hydrogens (tertiary/aromatic N) is 3. The molecule has 1 amide bonds. The van der Waals surface area contributed by atoms with Gasteiger partial charge in [0, 0.05) is 31.2 Å². The maximum Gasteiger partial charge on any atom is 0.335 e. The summed E-state index contributed by atoms with van der Waals surface area (Å²) in [7, 11) is 3.89. The van der Waals surface area contributed by atoms with Crippen molar-refractivity contribution < 1.29 is 28.9 Å². The summed E-state index contributed by atoms with van der Waals surface area (Å²) >= 11 is 0. The Kier molecular flexibility index (Phi) is 6.25. The van der Waals surface area contributed by atoms with Crippen LogP contribution in [0, 0.1) is 0 Å². The van der Waals surface area contributed by atoms with Gasteiger partial charge in [0.2, 0.25) is 0 Å². The fourth-order valence-electron chi connectivity index (χ4n) is 3.34. The van der Waals surface area contributed by atoms with Crippen LogP contribution in [-0.2, 0) is 14.6 Å². The molecule has 1 N–H and O–H groups in total. The topological polar surface area (TPSA) is 105 Å². The second-order valence-electron chi connectivity index (χ2n) is 7.51. The SMILES string of the molecule is CCOOCC1=NN(c2ccc(C(=O)O)cc2)C(=O)C1=Cc1cc2ccc(N(C)C)cc2o1. The molecule has 3 aromatic rings. The number of carbonyl (C=O) groups is 2. The van der Waals surface area contributed by atoms with E-state index < -0.39 is 5.97 Å². The minimum atomic E-state index is -1.05. The van der Waals surface area contributed by atoms with E-state index in [0.717, 1.165) is 11.1 Å². The highest BCUT2D eigenvalue weighted by Gasteiger charge is 2.32. The van der Waals surface area contributed by atoms with Gasteiger partial charge in [-0.1, -0.05) is 0 Å². The van der Waals surface area contributed by atoms with Gasteiger partial charge in [0.15, 0.2) is 0 Å². The van der Waals surface area contributed by atoms with Gasteiger partial charge >= 0.3 is 5.97 Å². The maximum absolute atomic E-state index is 13.2. The lowest BCUT2D eigenvalue weighted by Crippen LogP contribution is -2.21. The minimum absolute atomic E-state index is 0.0415. The first-order valence-corrected chi connectivity index (χ1v) is 10.3. The Morgan fingerprint density at radius 2 is 1.91 bits per heavy atom. The Hall–Kier alpha value is -3.95. The van der Waals surface area contributed by atoms with Crippen LogP contribution < -0.4 is 9.91 Å². The van der Waals surface area contributed by atoms with Crippen LogP contribution in [0.3, 0.4) is 0 Å². The summed E-state index contributed by atoms with van der Waals surface area (Å²) in [5.74, 6) is -0.939. The molecule has 0 atom stereocenters. The number of aromatic carboxylic acids is 1. The van der Waals surface area contributed by atoms with Crippen molar-refractivity contribution in [2.75, 3.05) is 37.2 Å². The Labute approximate surface area is 190 Å². The molecular weight excluding hydrogens is 426 g/mol. The molecule has 0 spiro atoms. The molecule has 0 bridgehead atoms. The number of carboxylic acids is 1. The van der Waals surface area contributed by atoms with Gasteiger partial charge < -0.3 is 14.4 Å². The van der Waals surface area contributed by atoms with Crippen LogP contribution in [0.1, 0.15) is 23.0 Å². The zero-order chi connectivity index (χ0) is 23.5. The van der Waals surface area contributed by atoms with Crippen LogP contribution in [-0.4, -0.2) is 50.0 Å². The van der Waals surface area contributed by atoms with Gasteiger partial charge in [0.05, 0.1) is 23.4 Å². The molecule has 9 nitrogen and oxygen atoms in total. The summed E-state index contributed by atoms with van der Waals surface area (Å²) < 4.78 is 5.96. The lowest BCUT2D eigenvalue weighted by Gasteiger charge is -2.11. The monoisotopic (exact) mass is 449 g/mol. The highest BCUT2D eigenvalue weighted by atomic mass is 17.2. The van der Waals surface area contributed by atoms with Crippen molar-refractivity contribution >= 4 is 46.0 Å². The molecule has 1 aliphatic rings. The molecule has 33 heavy (non-hydrogen) atoms. The van der Waals surface area contributed by atoms with E-state index in [1.165, 1.54) is 29.3 Å². The van der Waals surface area contributed by atoms with Crippen LogP contribution >= 0.6 is 0 Å². The van der Waals surface area contributed by atoms with Crippen molar-refractivity contribution in [1.29, 1.82) is 0 Å². The van der Waals surface area contributed by atoms with Crippen molar-refractivity contribution in [3.8, 4) is 0 Å². The van der Waals surface area contributed by atoms with Gasteiger partial charge in [-0.15, -0.1) is 0 Å². The summed E-state index contributed by atoms with van der Waals surface area (Å²) in [5.41, 5.74) is 2.90. The Bertz CT molecular complexity index is 1260. The van der Waals surface area contributed by atoms with Crippen LogP contribution in [0.5, 0.6) is 0 Å². The zero-order valence-electron chi connectivity index (χ0n) is 18.4. The van der Waals surface area contributed by atoms with Gasteiger partial charge in [0.25, 0.3) is 5.91 Å². The summed E-state index contributed by atoms with van der Waals surface area (Å²) in [4.78, 5) is 36.4. The molecule has 0 unspecified atom stereocenters. The van der Waals surface area contributed by atoms with E-state index in [-0.39, 0.29) is 18.1 Å². The van der Waals surface area contributed by atoms with Crippen LogP contribution in [0.2, 0.25) is 0 Å². The number of carboxylic acid groups (broad SMARTS) is 1. The number of hydrazone groups is 1. The first-order valence-electron chi connectivity index (χ1n) is 10.3. The van der Waals surface area contributed by atoms with Gasteiger partial charge in [-0.25, -0.2) is 14.6 Å². The molecule has 1 aromatic heterocycles. The second-order valence-corrected chi connectivity index (χ2v) is 7.51. The average Bonchev–Trinajstić information content (AvgIpc) is 3.34. The first-order chi connectivity index (χ1) is 15.9. The van der Waals surface area contributed by atoms with E-state index in [4.69, 9.17) is 19.3 Å². The van der Waals surface area contributed by atoms with Crippen LogP contribution in [0.4, 0.5) is 11.4 Å².